The number of carbonyl (C=O) groups is 2. The smallest absolute Gasteiger partial charge is 0.220 e. The van der Waals surface area contributed by atoms with E-state index >= 15 is 0 Å². The molecule has 4 rings (SSSR count). The summed E-state index contributed by atoms with van der Waals surface area (Å²) in [5.74, 6) is -0.0494. The Balaban J connectivity index is 1.37. The number of carbonyl (C=O) groups excluding carboxylic acids is 2. The molecule has 0 saturated heterocycles. The highest BCUT2D eigenvalue weighted by molar-refractivity contribution is 6.03. The van der Waals surface area contributed by atoms with Crippen molar-refractivity contribution in [2.75, 3.05) is 23.9 Å². The molecule has 1 aliphatic heterocycles. The minimum Gasteiger partial charge on any atom is -0.352 e. The van der Waals surface area contributed by atoms with Gasteiger partial charge >= 0.3 is 0 Å². The number of anilines is 2. The number of fused-ring (bicyclic) bond motifs is 1. The number of nitriles is 1. The maximum absolute atomic E-state index is 12.9. The molecule has 1 aromatic heterocycles. The van der Waals surface area contributed by atoms with Gasteiger partial charge < -0.3 is 19.7 Å². The summed E-state index contributed by atoms with van der Waals surface area (Å²) >= 11 is 0. The Morgan fingerprint density at radius 3 is 2.24 bits per heavy atom. The van der Waals surface area contributed by atoms with Gasteiger partial charge in [0.2, 0.25) is 5.91 Å². The lowest BCUT2D eigenvalue weighted by atomic mass is 10.1. The van der Waals surface area contributed by atoms with E-state index in [1.807, 2.05) is 83.2 Å². The van der Waals surface area contributed by atoms with Crippen LogP contribution >= 0.6 is 0 Å². The summed E-state index contributed by atoms with van der Waals surface area (Å²) in [7, 11) is 3.66. The van der Waals surface area contributed by atoms with Crippen LogP contribution in [-0.4, -0.2) is 35.3 Å². The van der Waals surface area contributed by atoms with Crippen molar-refractivity contribution in [2.24, 2.45) is 0 Å². The first kappa shape index (κ1) is 22.8. The van der Waals surface area contributed by atoms with Crippen LogP contribution in [0.1, 0.15) is 24.0 Å². The van der Waals surface area contributed by atoms with Gasteiger partial charge in [-0.2, -0.15) is 5.26 Å². The molecular weight excluding hydrogens is 428 g/mol. The van der Waals surface area contributed by atoms with Crippen LogP contribution in [0.4, 0.5) is 11.4 Å². The Hall–Kier alpha value is -4.38. The summed E-state index contributed by atoms with van der Waals surface area (Å²) in [6.45, 7) is 1.03. The number of para-hydroxylation sites is 2. The fraction of sp³-hybridized carbons (Fsp3) is 0.231. The van der Waals surface area contributed by atoms with Crippen LogP contribution in [0.5, 0.6) is 0 Å². The number of hydrogen-bond acceptors (Lipinski definition) is 6. The molecular formula is C26H26N6O2. The van der Waals surface area contributed by atoms with Gasteiger partial charge in [-0.05, 0) is 23.3 Å². The number of allylic oxidation sites excluding steroid dienone is 1. The fourth-order valence-corrected chi connectivity index (χ4v) is 4.15. The highest BCUT2D eigenvalue weighted by Crippen LogP contribution is 2.40. The topological polar surface area (TPSA) is 94.3 Å². The summed E-state index contributed by atoms with van der Waals surface area (Å²) in [5.41, 5.74) is 3.99. The molecule has 0 spiro atoms. The van der Waals surface area contributed by atoms with Gasteiger partial charge in [-0.15, -0.1) is 0 Å². The van der Waals surface area contributed by atoms with E-state index in [1.165, 1.54) is 0 Å². The SMILES string of the molecule is CN1C(=C(C#N)C(=O)CCC(=O)NCc2ccccc2Cn2ccnc2)N(C)c2ccccc21. The number of ketones is 1. The molecule has 1 N–H and O–H groups in total. The van der Waals surface area contributed by atoms with E-state index in [9.17, 15) is 14.9 Å². The van der Waals surface area contributed by atoms with E-state index in [4.69, 9.17) is 0 Å². The van der Waals surface area contributed by atoms with Crippen LogP contribution in [-0.2, 0) is 22.7 Å². The van der Waals surface area contributed by atoms with E-state index < -0.39 is 0 Å². The second-order valence-corrected chi connectivity index (χ2v) is 8.12. The van der Waals surface area contributed by atoms with Crippen LogP contribution in [0.3, 0.4) is 0 Å². The minimum absolute atomic E-state index is 0.0152. The number of hydrogen-bond donors (Lipinski definition) is 1. The Labute approximate surface area is 198 Å². The molecule has 0 unspecified atom stereocenters. The maximum Gasteiger partial charge on any atom is 0.220 e. The third-order valence-electron chi connectivity index (χ3n) is 5.94. The van der Waals surface area contributed by atoms with E-state index in [1.54, 1.807) is 12.5 Å². The number of nitrogens with one attached hydrogen (secondary N) is 1. The zero-order valence-electron chi connectivity index (χ0n) is 19.2. The number of aromatic nitrogens is 2. The number of imidazole rings is 1. The van der Waals surface area contributed by atoms with Gasteiger partial charge in [0, 0.05) is 52.4 Å². The minimum atomic E-state index is -0.348. The first-order valence-electron chi connectivity index (χ1n) is 11.0. The van der Waals surface area contributed by atoms with Crippen molar-refractivity contribution >= 4 is 23.1 Å². The van der Waals surface area contributed by atoms with Crippen LogP contribution in [0.2, 0.25) is 0 Å². The number of benzene rings is 2. The Kier molecular flexibility index (Phi) is 6.74. The van der Waals surface area contributed by atoms with Crippen molar-refractivity contribution < 1.29 is 9.59 Å². The van der Waals surface area contributed by atoms with Gasteiger partial charge in [0.15, 0.2) is 5.78 Å². The molecule has 2 heterocycles. The molecule has 1 aliphatic rings. The number of amides is 1. The first-order valence-corrected chi connectivity index (χ1v) is 11.0. The van der Waals surface area contributed by atoms with Gasteiger partial charge in [-0.3, -0.25) is 9.59 Å². The second-order valence-electron chi connectivity index (χ2n) is 8.12. The van der Waals surface area contributed by atoms with E-state index in [0.29, 0.717) is 18.9 Å². The molecule has 34 heavy (non-hydrogen) atoms. The lowest BCUT2D eigenvalue weighted by molar-refractivity contribution is -0.124. The molecule has 8 nitrogen and oxygen atoms in total. The third-order valence-corrected chi connectivity index (χ3v) is 5.94. The Morgan fingerprint density at radius 1 is 0.971 bits per heavy atom. The van der Waals surface area contributed by atoms with E-state index in [0.717, 1.165) is 22.5 Å². The quantitative estimate of drug-likeness (QED) is 0.415. The van der Waals surface area contributed by atoms with Gasteiger partial charge in [0.25, 0.3) is 0 Å². The highest BCUT2D eigenvalue weighted by Gasteiger charge is 2.31. The summed E-state index contributed by atoms with van der Waals surface area (Å²) in [5, 5.41) is 12.6. The van der Waals surface area contributed by atoms with Gasteiger partial charge in [-0.1, -0.05) is 36.4 Å². The average molecular weight is 455 g/mol. The molecule has 0 fully saturated rings. The summed E-state index contributed by atoms with van der Waals surface area (Å²) in [6.07, 6.45) is 5.35. The van der Waals surface area contributed by atoms with Gasteiger partial charge in [0.05, 0.1) is 17.7 Å². The fourth-order valence-electron chi connectivity index (χ4n) is 4.15. The number of rotatable bonds is 8. The predicted octanol–water partition coefficient (Wildman–Crippen LogP) is 3.22. The van der Waals surface area contributed by atoms with Gasteiger partial charge in [-0.25, -0.2) is 4.98 Å². The van der Waals surface area contributed by atoms with Crippen molar-refractivity contribution in [3.8, 4) is 6.07 Å². The molecule has 0 bridgehead atoms. The lowest BCUT2D eigenvalue weighted by Gasteiger charge is -2.19. The normalized spacial score (nSPS) is 12.3. The summed E-state index contributed by atoms with van der Waals surface area (Å²) in [4.78, 5) is 33.1. The summed E-state index contributed by atoms with van der Waals surface area (Å²) in [6, 6.07) is 17.6. The van der Waals surface area contributed by atoms with Crippen LogP contribution in [0.25, 0.3) is 0 Å². The summed E-state index contributed by atoms with van der Waals surface area (Å²) < 4.78 is 1.96. The van der Waals surface area contributed by atoms with Crippen molar-refractivity contribution in [3.05, 3.63) is 89.8 Å². The number of nitrogens with zero attached hydrogens (tertiary/aromatic N) is 5. The molecule has 0 atom stereocenters. The van der Waals surface area contributed by atoms with Crippen molar-refractivity contribution in [3.63, 3.8) is 0 Å². The molecule has 1 amide bonds. The predicted molar refractivity (Wildman–Crippen MR) is 130 cm³/mol. The molecule has 0 aliphatic carbocycles. The van der Waals surface area contributed by atoms with Crippen molar-refractivity contribution in [1.82, 2.24) is 14.9 Å². The zero-order chi connectivity index (χ0) is 24.1. The lowest BCUT2D eigenvalue weighted by Crippen LogP contribution is -2.27. The number of Topliss-reactive ketones (excluding diaryl/α,β-unsaturated/α-hetero) is 1. The first-order chi connectivity index (χ1) is 16.5. The molecule has 2 aromatic carbocycles. The van der Waals surface area contributed by atoms with Gasteiger partial charge in [0.1, 0.15) is 17.5 Å². The third kappa shape index (κ3) is 4.69. The molecule has 3 aromatic rings. The van der Waals surface area contributed by atoms with Crippen LogP contribution in [0, 0.1) is 11.3 Å². The molecule has 172 valence electrons. The highest BCUT2D eigenvalue weighted by atomic mass is 16.2. The van der Waals surface area contributed by atoms with Crippen molar-refractivity contribution in [1.29, 1.82) is 5.26 Å². The molecule has 0 radical (unpaired) electrons. The average Bonchev–Trinajstić information content (AvgIpc) is 3.45. The second kappa shape index (κ2) is 10.0. The molecule has 0 saturated carbocycles. The standard InChI is InChI=1S/C26H26N6O2/c1-30-22-9-5-6-10-23(22)31(2)26(30)21(15-27)24(33)11-12-25(34)29-16-19-7-3-4-8-20(19)17-32-14-13-28-18-32/h3-10,13-14,18H,11-12,16-17H2,1-2H3,(H,29,34). The Bertz CT molecular complexity index is 1240. The monoisotopic (exact) mass is 454 g/mol. The largest absolute Gasteiger partial charge is 0.352 e. The molecule has 8 heteroatoms. The van der Waals surface area contributed by atoms with E-state index in [2.05, 4.69) is 16.4 Å². The zero-order valence-corrected chi connectivity index (χ0v) is 19.2. The van der Waals surface area contributed by atoms with Crippen LogP contribution < -0.4 is 15.1 Å². The maximum atomic E-state index is 12.9. The van der Waals surface area contributed by atoms with Crippen molar-refractivity contribution in [2.45, 2.75) is 25.9 Å². The Morgan fingerprint density at radius 2 is 1.62 bits per heavy atom. The van der Waals surface area contributed by atoms with E-state index in [-0.39, 0.29) is 30.1 Å². The van der Waals surface area contributed by atoms with Crippen LogP contribution in [0.15, 0.2) is 78.6 Å².